The van der Waals surface area contributed by atoms with Crippen LogP contribution in [0.15, 0.2) is 54.6 Å². The molecule has 1 heterocycles. The van der Waals surface area contributed by atoms with Crippen molar-refractivity contribution in [2.45, 2.75) is 32.7 Å². The molecule has 1 saturated heterocycles. The number of carbonyl (C=O) groups is 3. The standard InChI is InChI=1S/C24H28N2O4/c1-17-8-6-7-11-21(17)23(28)26-14-12-20(13-15-26)24(29)30-16-22(27)25-18(2)19-9-4-3-5-10-19/h3-11,18,20H,12-16H2,1-2H3,(H,25,27)/t18-/m1/s1. The number of piperidine rings is 1. The van der Waals surface area contributed by atoms with Crippen LogP contribution in [0.5, 0.6) is 0 Å². The van der Waals surface area contributed by atoms with Crippen molar-refractivity contribution in [3.63, 3.8) is 0 Å². The minimum Gasteiger partial charge on any atom is -0.455 e. The van der Waals surface area contributed by atoms with Crippen molar-refractivity contribution < 1.29 is 19.1 Å². The Balaban J connectivity index is 1.42. The van der Waals surface area contributed by atoms with E-state index in [1.807, 2.05) is 68.4 Å². The van der Waals surface area contributed by atoms with Crippen LogP contribution in [0.1, 0.15) is 47.3 Å². The van der Waals surface area contributed by atoms with Crippen molar-refractivity contribution in [3.8, 4) is 0 Å². The number of hydrogen-bond acceptors (Lipinski definition) is 4. The summed E-state index contributed by atoms with van der Waals surface area (Å²) in [6.45, 7) is 4.52. The smallest absolute Gasteiger partial charge is 0.309 e. The fourth-order valence-corrected chi connectivity index (χ4v) is 3.66. The molecule has 3 rings (SSSR count). The van der Waals surface area contributed by atoms with E-state index in [2.05, 4.69) is 5.32 Å². The average molecular weight is 408 g/mol. The first-order chi connectivity index (χ1) is 14.5. The van der Waals surface area contributed by atoms with Crippen LogP contribution in [0.25, 0.3) is 0 Å². The van der Waals surface area contributed by atoms with Gasteiger partial charge in [-0.3, -0.25) is 14.4 Å². The molecule has 0 saturated carbocycles. The van der Waals surface area contributed by atoms with E-state index < -0.39 is 0 Å². The maximum atomic E-state index is 12.7. The number of amides is 2. The first-order valence-corrected chi connectivity index (χ1v) is 10.3. The number of carbonyl (C=O) groups excluding carboxylic acids is 3. The highest BCUT2D eigenvalue weighted by molar-refractivity contribution is 5.95. The molecule has 0 unspecified atom stereocenters. The summed E-state index contributed by atoms with van der Waals surface area (Å²) in [6, 6.07) is 17.0. The Hall–Kier alpha value is -3.15. The Morgan fingerprint density at radius 1 is 1.03 bits per heavy atom. The first-order valence-electron chi connectivity index (χ1n) is 10.3. The molecule has 1 aliphatic heterocycles. The zero-order valence-corrected chi connectivity index (χ0v) is 17.5. The molecule has 158 valence electrons. The molecule has 0 radical (unpaired) electrons. The van der Waals surface area contributed by atoms with Gasteiger partial charge in [-0.25, -0.2) is 0 Å². The van der Waals surface area contributed by atoms with E-state index in [-0.39, 0.29) is 36.4 Å². The van der Waals surface area contributed by atoms with E-state index in [0.717, 1.165) is 11.1 Å². The van der Waals surface area contributed by atoms with Crippen LogP contribution in [0.2, 0.25) is 0 Å². The second-order valence-corrected chi connectivity index (χ2v) is 7.69. The zero-order valence-electron chi connectivity index (χ0n) is 17.5. The van der Waals surface area contributed by atoms with Gasteiger partial charge >= 0.3 is 5.97 Å². The molecule has 2 aromatic carbocycles. The number of ether oxygens (including phenoxy) is 1. The van der Waals surface area contributed by atoms with Gasteiger partial charge in [0.05, 0.1) is 12.0 Å². The van der Waals surface area contributed by atoms with Crippen molar-refractivity contribution in [2.75, 3.05) is 19.7 Å². The molecule has 0 aromatic heterocycles. The largest absolute Gasteiger partial charge is 0.455 e. The van der Waals surface area contributed by atoms with Gasteiger partial charge in [-0.05, 0) is 43.9 Å². The lowest BCUT2D eigenvalue weighted by Gasteiger charge is -2.31. The van der Waals surface area contributed by atoms with Crippen molar-refractivity contribution in [1.82, 2.24) is 10.2 Å². The maximum Gasteiger partial charge on any atom is 0.309 e. The van der Waals surface area contributed by atoms with Gasteiger partial charge in [0.1, 0.15) is 0 Å². The molecule has 0 spiro atoms. The number of hydrogen-bond donors (Lipinski definition) is 1. The Bertz CT molecular complexity index is 889. The van der Waals surface area contributed by atoms with Crippen molar-refractivity contribution in [1.29, 1.82) is 0 Å². The summed E-state index contributed by atoms with van der Waals surface area (Å²) in [5.74, 6) is -0.994. The van der Waals surface area contributed by atoms with Gasteiger partial charge in [0, 0.05) is 18.7 Å². The number of nitrogens with one attached hydrogen (secondary N) is 1. The van der Waals surface area contributed by atoms with Gasteiger partial charge < -0.3 is 15.0 Å². The van der Waals surface area contributed by atoms with Gasteiger partial charge in [-0.15, -0.1) is 0 Å². The van der Waals surface area contributed by atoms with E-state index in [1.54, 1.807) is 4.90 Å². The van der Waals surface area contributed by atoms with Crippen molar-refractivity contribution in [2.24, 2.45) is 5.92 Å². The van der Waals surface area contributed by atoms with Gasteiger partial charge in [0.2, 0.25) is 0 Å². The predicted molar refractivity (Wildman–Crippen MR) is 114 cm³/mol. The van der Waals surface area contributed by atoms with Crippen molar-refractivity contribution in [3.05, 3.63) is 71.3 Å². The van der Waals surface area contributed by atoms with Crippen LogP contribution < -0.4 is 5.32 Å². The molecule has 6 nitrogen and oxygen atoms in total. The van der Waals surface area contributed by atoms with E-state index >= 15 is 0 Å². The quantitative estimate of drug-likeness (QED) is 0.745. The highest BCUT2D eigenvalue weighted by Crippen LogP contribution is 2.21. The maximum absolute atomic E-state index is 12.7. The van der Waals surface area contributed by atoms with Crippen LogP contribution in [-0.4, -0.2) is 42.4 Å². The van der Waals surface area contributed by atoms with Gasteiger partial charge in [-0.2, -0.15) is 0 Å². The van der Waals surface area contributed by atoms with E-state index in [4.69, 9.17) is 4.74 Å². The number of nitrogens with zero attached hydrogens (tertiary/aromatic N) is 1. The van der Waals surface area contributed by atoms with Crippen LogP contribution in [0.4, 0.5) is 0 Å². The van der Waals surface area contributed by atoms with Crippen LogP contribution >= 0.6 is 0 Å². The summed E-state index contributed by atoms with van der Waals surface area (Å²) < 4.78 is 5.23. The molecule has 6 heteroatoms. The fourth-order valence-electron chi connectivity index (χ4n) is 3.66. The number of aryl methyl sites for hydroxylation is 1. The minimum absolute atomic E-state index is 0.00538. The summed E-state index contributed by atoms with van der Waals surface area (Å²) in [7, 11) is 0. The molecule has 1 N–H and O–H groups in total. The van der Waals surface area contributed by atoms with E-state index in [9.17, 15) is 14.4 Å². The minimum atomic E-state index is -0.375. The lowest BCUT2D eigenvalue weighted by molar-refractivity contribution is -0.154. The highest BCUT2D eigenvalue weighted by Gasteiger charge is 2.29. The Labute approximate surface area is 177 Å². The summed E-state index contributed by atoms with van der Waals surface area (Å²) >= 11 is 0. The van der Waals surface area contributed by atoms with Gasteiger partial charge in [0.25, 0.3) is 11.8 Å². The first kappa shape index (κ1) is 21.6. The third-order valence-electron chi connectivity index (χ3n) is 5.51. The second-order valence-electron chi connectivity index (χ2n) is 7.69. The second kappa shape index (κ2) is 10.1. The van der Waals surface area contributed by atoms with Crippen LogP contribution in [0.3, 0.4) is 0 Å². The molecular formula is C24H28N2O4. The molecular weight excluding hydrogens is 380 g/mol. The van der Waals surface area contributed by atoms with Crippen LogP contribution in [0, 0.1) is 12.8 Å². The third-order valence-corrected chi connectivity index (χ3v) is 5.51. The molecule has 0 aliphatic carbocycles. The Morgan fingerprint density at radius 2 is 1.67 bits per heavy atom. The van der Waals surface area contributed by atoms with Crippen LogP contribution in [-0.2, 0) is 14.3 Å². The summed E-state index contributed by atoms with van der Waals surface area (Å²) in [6.07, 6.45) is 1.08. The fraction of sp³-hybridized carbons (Fsp3) is 0.375. The predicted octanol–water partition coefficient (Wildman–Crippen LogP) is 3.27. The summed E-state index contributed by atoms with van der Waals surface area (Å²) in [4.78, 5) is 38.9. The van der Waals surface area contributed by atoms with Crippen molar-refractivity contribution >= 4 is 17.8 Å². The van der Waals surface area contributed by atoms with Gasteiger partial charge in [-0.1, -0.05) is 48.5 Å². The monoisotopic (exact) mass is 408 g/mol. The Morgan fingerprint density at radius 3 is 2.33 bits per heavy atom. The van der Waals surface area contributed by atoms with E-state index in [1.165, 1.54) is 0 Å². The van der Waals surface area contributed by atoms with E-state index in [0.29, 0.717) is 31.5 Å². The Kier molecular flexibility index (Phi) is 7.22. The lowest BCUT2D eigenvalue weighted by atomic mass is 9.96. The van der Waals surface area contributed by atoms with Gasteiger partial charge in [0.15, 0.2) is 6.61 Å². The number of esters is 1. The normalized spacial score (nSPS) is 15.3. The molecule has 2 amide bonds. The molecule has 30 heavy (non-hydrogen) atoms. The lowest BCUT2D eigenvalue weighted by Crippen LogP contribution is -2.41. The topological polar surface area (TPSA) is 75.7 Å². The summed E-state index contributed by atoms with van der Waals surface area (Å²) in [5, 5.41) is 2.83. The molecule has 1 aliphatic rings. The molecule has 0 bridgehead atoms. The highest BCUT2D eigenvalue weighted by atomic mass is 16.5. The zero-order chi connectivity index (χ0) is 21.5. The number of rotatable bonds is 6. The SMILES string of the molecule is Cc1ccccc1C(=O)N1CCC(C(=O)OCC(=O)N[C@H](C)c2ccccc2)CC1. The average Bonchev–Trinajstić information content (AvgIpc) is 2.78. The summed E-state index contributed by atoms with van der Waals surface area (Å²) in [5.41, 5.74) is 2.63. The molecule has 2 aromatic rings. The number of benzene rings is 2. The molecule has 1 fully saturated rings. The number of likely N-dealkylation sites (tertiary alicyclic amines) is 1. The third kappa shape index (κ3) is 5.47. The molecule has 1 atom stereocenters.